The minimum atomic E-state index is -4.16. The summed E-state index contributed by atoms with van der Waals surface area (Å²) in [6, 6.07) is 12.3. The van der Waals surface area contributed by atoms with Crippen LogP contribution in [0.3, 0.4) is 0 Å². The molecule has 0 atom stereocenters. The van der Waals surface area contributed by atoms with E-state index in [0.29, 0.717) is 25.1 Å². The van der Waals surface area contributed by atoms with Crippen molar-refractivity contribution in [1.82, 2.24) is 4.98 Å². The number of anilines is 2. The Kier molecular flexibility index (Phi) is 7.02. The van der Waals surface area contributed by atoms with Gasteiger partial charge in [-0.05, 0) is 42.4 Å². The van der Waals surface area contributed by atoms with E-state index in [2.05, 4.69) is 27.2 Å². The topological polar surface area (TPSA) is 88.2 Å². The van der Waals surface area contributed by atoms with Crippen LogP contribution >= 0.6 is 22.9 Å². The fourth-order valence-electron chi connectivity index (χ4n) is 4.23. The van der Waals surface area contributed by atoms with Crippen molar-refractivity contribution in [1.29, 1.82) is 0 Å². The minimum Gasteiger partial charge on any atom is -0.384 e. The number of sulfonamides is 1. The number of ketones is 1. The van der Waals surface area contributed by atoms with E-state index in [1.54, 1.807) is 5.38 Å². The monoisotopic (exact) mass is 507 g/mol. The van der Waals surface area contributed by atoms with Gasteiger partial charge in [-0.25, -0.2) is 17.8 Å². The summed E-state index contributed by atoms with van der Waals surface area (Å²) in [4.78, 5) is 15.2. The van der Waals surface area contributed by atoms with Gasteiger partial charge in [0.25, 0.3) is 10.0 Å². The van der Waals surface area contributed by atoms with Crippen LogP contribution in [0.1, 0.15) is 37.7 Å². The quantitative estimate of drug-likeness (QED) is 0.413. The highest BCUT2D eigenvalue weighted by Gasteiger charge is 2.35. The van der Waals surface area contributed by atoms with Crippen molar-refractivity contribution in [3.8, 4) is 0 Å². The molecule has 0 amide bonds. The second kappa shape index (κ2) is 9.79. The van der Waals surface area contributed by atoms with Gasteiger partial charge in [0.15, 0.2) is 5.13 Å². The number of rotatable bonds is 8. The van der Waals surface area contributed by atoms with E-state index in [9.17, 15) is 17.6 Å². The van der Waals surface area contributed by atoms with Gasteiger partial charge in [0.1, 0.15) is 16.5 Å². The van der Waals surface area contributed by atoms with Crippen LogP contribution in [0.15, 0.2) is 58.9 Å². The number of thiazole rings is 1. The fraction of sp³-hybridized carbons (Fsp3) is 0.304. The number of carbonyl (C=O) groups is 1. The van der Waals surface area contributed by atoms with Gasteiger partial charge >= 0.3 is 0 Å². The van der Waals surface area contributed by atoms with Crippen LogP contribution in [0.5, 0.6) is 0 Å². The average Bonchev–Trinajstić information content (AvgIpc) is 3.30. The molecule has 0 spiro atoms. The maximum absolute atomic E-state index is 14.7. The van der Waals surface area contributed by atoms with E-state index in [1.165, 1.54) is 11.8 Å². The number of carbonyl (C=O) groups excluding carboxylic acids is 1. The van der Waals surface area contributed by atoms with Gasteiger partial charge in [0.2, 0.25) is 0 Å². The highest BCUT2D eigenvalue weighted by molar-refractivity contribution is 7.93. The van der Waals surface area contributed by atoms with Crippen LogP contribution in [0, 0.1) is 5.82 Å². The molecule has 6 nitrogen and oxygen atoms in total. The molecular weight excluding hydrogens is 485 g/mol. The van der Waals surface area contributed by atoms with Gasteiger partial charge in [-0.2, -0.15) is 0 Å². The number of benzene rings is 2. The fourth-order valence-corrected chi connectivity index (χ4v) is 6.40. The summed E-state index contributed by atoms with van der Waals surface area (Å²) in [6.45, 7) is 0.492. The van der Waals surface area contributed by atoms with Crippen LogP contribution in [0.4, 0.5) is 15.2 Å². The third-order valence-electron chi connectivity index (χ3n) is 6.04. The first-order valence-electron chi connectivity index (χ1n) is 10.5. The lowest BCUT2D eigenvalue weighted by Crippen LogP contribution is -2.34. The molecule has 0 radical (unpaired) electrons. The maximum Gasteiger partial charge on any atom is 0.266 e. The molecule has 1 heterocycles. The van der Waals surface area contributed by atoms with E-state index in [4.69, 9.17) is 11.6 Å². The number of Topliss-reactive ketones (excluding diaryl/α,β-unsaturated/α-hetero) is 1. The lowest BCUT2D eigenvalue weighted by molar-refractivity contribution is -0.121. The van der Waals surface area contributed by atoms with Crippen molar-refractivity contribution in [2.24, 2.45) is 0 Å². The summed E-state index contributed by atoms with van der Waals surface area (Å²) in [5.74, 6) is -0.630. The normalized spacial score (nSPS) is 15.9. The Labute approximate surface area is 201 Å². The molecule has 0 aliphatic heterocycles. The molecule has 3 aromatic rings. The molecule has 4 rings (SSSR count). The molecule has 0 bridgehead atoms. The van der Waals surface area contributed by atoms with E-state index in [0.717, 1.165) is 42.7 Å². The van der Waals surface area contributed by atoms with Crippen molar-refractivity contribution in [3.05, 3.63) is 70.4 Å². The second-order valence-electron chi connectivity index (χ2n) is 8.07. The second-order valence-corrected chi connectivity index (χ2v) is 11.0. The summed E-state index contributed by atoms with van der Waals surface area (Å²) < 4.78 is 42.1. The molecule has 1 saturated carbocycles. The van der Waals surface area contributed by atoms with Gasteiger partial charge in [-0.1, -0.05) is 41.9 Å². The lowest BCUT2D eigenvalue weighted by Gasteiger charge is -2.37. The van der Waals surface area contributed by atoms with E-state index < -0.39 is 20.7 Å². The summed E-state index contributed by atoms with van der Waals surface area (Å²) in [6.07, 6.45) is 4.79. The first kappa shape index (κ1) is 23.7. The zero-order valence-electron chi connectivity index (χ0n) is 17.7. The maximum atomic E-state index is 14.7. The Balaban J connectivity index is 1.49. The number of nitrogens with one attached hydrogen (secondary N) is 2. The summed E-state index contributed by atoms with van der Waals surface area (Å²) in [5, 5.41) is 5.00. The van der Waals surface area contributed by atoms with Gasteiger partial charge in [-0.3, -0.25) is 9.52 Å². The summed E-state index contributed by atoms with van der Waals surface area (Å²) in [5.41, 5.74) is 1.36. The summed E-state index contributed by atoms with van der Waals surface area (Å²) in [7, 11) is -4.16. The Morgan fingerprint density at radius 3 is 2.55 bits per heavy atom. The number of nitrogens with zero attached hydrogens (tertiary/aromatic N) is 1. The highest BCUT2D eigenvalue weighted by Crippen LogP contribution is 2.41. The van der Waals surface area contributed by atoms with Crippen molar-refractivity contribution < 1.29 is 17.6 Å². The van der Waals surface area contributed by atoms with Gasteiger partial charge in [0, 0.05) is 31.0 Å². The Hall–Kier alpha value is -2.49. The van der Waals surface area contributed by atoms with Crippen LogP contribution in [-0.4, -0.2) is 25.7 Å². The standard InChI is InChI=1S/C23H23ClFN3O3S2/c24-18-14-21(33(30,31)28-22-27-12-13-32-22)19(25)15-20(18)26-11-10-23(8-6-17(29)7-9-23)16-4-2-1-3-5-16/h1-5,12-15,26H,6-11H2,(H,27,28). The highest BCUT2D eigenvalue weighted by atomic mass is 35.5. The number of hydrogen-bond acceptors (Lipinski definition) is 6. The minimum absolute atomic E-state index is 0.100. The van der Waals surface area contributed by atoms with E-state index >= 15 is 0 Å². The molecule has 33 heavy (non-hydrogen) atoms. The van der Waals surface area contributed by atoms with Crippen molar-refractivity contribution in [2.45, 2.75) is 42.4 Å². The van der Waals surface area contributed by atoms with Crippen LogP contribution in [-0.2, 0) is 20.2 Å². The molecule has 1 fully saturated rings. The van der Waals surface area contributed by atoms with Crippen molar-refractivity contribution in [3.63, 3.8) is 0 Å². The molecule has 1 aliphatic rings. The van der Waals surface area contributed by atoms with Crippen molar-refractivity contribution in [2.75, 3.05) is 16.6 Å². The first-order valence-corrected chi connectivity index (χ1v) is 13.3. The molecule has 0 saturated heterocycles. The third kappa shape index (κ3) is 5.37. The number of hydrogen-bond donors (Lipinski definition) is 2. The van der Waals surface area contributed by atoms with Crippen LogP contribution < -0.4 is 10.0 Å². The van der Waals surface area contributed by atoms with E-state index in [-0.39, 0.29) is 21.4 Å². The Morgan fingerprint density at radius 1 is 1.15 bits per heavy atom. The lowest BCUT2D eigenvalue weighted by atomic mass is 9.67. The van der Waals surface area contributed by atoms with E-state index in [1.807, 2.05) is 18.2 Å². The largest absolute Gasteiger partial charge is 0.384 e. The zero-order valence-corrected chi connectivity index (χ0v) is 20.1. The molecule has 0 unspecified atom stereocenters. The third-order valence-corrected chi connectivity index (χ3v) is 8.52. The molecule has 2 N–H and O–H groups in total. The smallest absolute Gasteiger partial charge is 0.266 e. The Morgan fingerprint density at radius 2 is 1.88 bits per heavy atom. The van der Waals surface area contributed by atoms with Crippen molar-refractivity contribution >= 4 is 49.6 Å². The Bertz CT molecular complexity index is 1230. The SMILES string of the molecule is O=C1CCC(CCNc2cc(F)c(S(=O)(=O)Nc3nccs3)cc2Cl)(c2ccccc2)CC1. The zero-order chi connectivity index (χ0) is 23.5. The summed E-state index contributed by atoms with van der Waals surface area (Å²) >= 11 is 7.39. The van der Waals surface area contributed by atoms with Gasteiger partial charge in [-0.15, -0.1) is 11.3 Å². The number of halogens is 2. The average molecular weight is 508 g/mol. The molecular formula is C23H23ClFN3O3S2. The predicted molar refractivity (Wildman–Crippen MR) is 129 cm³/mol. The molecule has 2 aromatic carbocycles. The molecule has 10 heteroatoms. The molecule has 1 aliphatic carbocycles. The predicted octanol–water partition coefficient (Wildman–Crippen LogP) is 5.62. The van der Waals surface area contributed by atoms with Crippen LogP contribution in [0.2, 0.25) is 5.02 Å². The van der Waals surface area contributed by atoms with Gasteiger partial charge in [0.05, 0.1) is 10.7 Å². The first-order chi connectivity index (χ1) is 15.8. The van der Waals surface area contributed by atoms with Gasteiger partial charge < -0.3 is 5.32 Å². The van der Waals surface area contributed by atoms with Crippen LogP contribution in [0.25, 0.3) is 0 Å². The molecule has 1 aromatic heterocycles. The molecule has 174 valence electrons. The number of aromatic nitrogens is 1.